The van der Waals surface area contributed by atoms with Crippen molar-refractivity contribution >= 4 is 23.5 Å². The maximum atomic E-state index is 12.8. The Morgan fingerprint density at radius 2 is 1.70 bits per heavy atom. The highest BCUT2D eigenvalue weighted by atomic mass is 35.5. The van der Waals surface area contributed by atoms with Gasteiger partial charge in [0, 0.05) is 22.7 Å². The number of carboxylic acid groups (broad SMARTS) is 1. The molecule has 0 spiro atoms. The third kappa shape index (κ3) is 5.32. The van der Waals surface area contributed by atoms with E-state index >= 15 is 0 Å². The second-order valence-electron chi connectivity index (χ2n) is 9.02. The summed E-state index contributed by atoms with van der Waals surface area (Å²) in [5.41, 5.74) is 0.304. The van der Waals surface area contributed by atoms with Crippen LogP contribution in [0.1, 0.15) is 61.3 Å². The van der Waals surface area contributed by atoms with Crippen LogP contribution >= 0.6 is 11.6 Å². The normalized spacial score (nSPS) is 17.9. The Balaban J connectivity index is 1.74. The Kier molecular flexibility index (Phi) is 6.11. The Morgan fingerprint density at radius 3 is 2.30 bits per heavy atom. The van der Waals surface area contributed by atoms with Crippen molar-refractivity contribution in [2.75, 3.05) is 0 Å². The van der Waals surface area contributed by atoms with E-state index in [1.165, 1.54) is 12.1 Å². The predicted octanol–water partition coefficient (Wildman–Crippen LogP) is 4.87. The molecule has 160 valence electrons. The van der Waals surface area contributed by atoms with Crippen LogP contribution in [-0.2, 0) is 0 Å². The average Bonchev–Trinajstić information content (AvgIpc) is 2.60. The average molecular weight is 431 g/mol. The largest absolute Gasteiger partial charge is 0.478 e. The summed E-state index contributed by atoms with van der Waals surface area (Å²) in [4.78, 5) is 24.1. The molecule has 3 rings (SSSR count). The number of aromatic carboxylic acids is 1. The van der Waals surface area contributed by atoms with Gasteiger partial charge in [-0.15, -0.1) is 0 Å². The van der Waals surface area contributed by atoms with Gasteiger partial charge < -0.3 is 20.5 Å². The predicted molar refractivity (Wildman–Crippen MR) is 117 cm³/mol. The second kappa shape index (κ2) is 8.28. The Bertz CT molecular complexity index is 955. The summed E-state index contributed by atoms with van der Waals surface area (Å²) in [6.45, 7) is 8.52. The maximum Gasteiger partial charge on any atom is 0.339 e. The first-order valence-corrected chi connectivity index (χ1v) is 10.2. The number of carbonyl (C=O) groups is 2. The van der Waals surface area contributed by atoms with Gasteiger partial charge in [-0.3, -0.25) is 4.79 Å². The minimum Gasteiger partial charge on any atom is -0.478 e. The molecular formula is C23H27ClN2O4. The fraction of sp³-hybridized carbons (Fsp3) is 0.391. The van der Waals surface area contributed by atoms with Crippen LogP contribution in [0.4, 0.5) is 0 Å². The van der Waals surface area contributed by atoms with E-state index in [1.54, 1.807) is 30.3 Å². The number of hydrogen-bond acceptors (Lipinski definition) is 4. The summed E-state index contributed by atoms with van der Waals surface area (Å²) < 4.78 is 5.69. The van der Waals surface area contributed by atoms with Gasteiger partial charge in [-0.2, -0.15) is 0 Å². The van der Waals surface area contributed by atoms with Crippen LogP contribution in [0.3, 0.4) is 0 Å². The molecular weight excluding hydrogens is 404 g/mol. The van der Waals surface area contributed by atoms with E-state index in [-0.39, 0.29) is 45.1 Å². The van der Waals surface area contributed by atoms with E-state index in [1.807, 2.05) is 0 Å². The molecule has 0 radical (unpaired) electrons. The zero-order chi connectivity index (χ0) is 22.1. The molecule has 0 saturated carbocycles. The molecule has 2 aromatic carbocycles. The van der Waals surface area contributed by atoms with Gasteiger partial charge in [-0.25, -0.2) is 4.79 Å². The molecule has 1 saturated heterocycles. The molecule has 7 heteroatoms. The lowest BCUT2D eigenvalue weighted by atomic mass is 9.79. The summed E-state index contributed by atoms with van der Waals surface area (Å²) in [6.07, 6.45) is 1.64. The van der Waals surface area contributed by atoms with Crippen LogP contribution in [0.15, 0.2) is 42.5 Å². The molecule has 0 atom stereocenters. The van der Waals surface area contributed by atoms with Crippen molar-refractivity contribution in [2.24, 2.45) is 0 Å². The van der Waals surface area contributed by atoms with Gasteiger partial charge in [0.25, 0.3) is 5.91 Å². The number of hydrogen-bond donors (Lipinski definition) is 3. The quantitative estimate of drug-likeness (QED) is 0.629. The number of rotatable bonds is 5. The molecule has 1 aliphatic heterocycles. The highest BCUT2D eigenvalue weighted by Gasteiger charge is 2.38. The zero-order valence-electron chi connectivity index (χ0n) is 17.6. The van der Waals surface area contributed by atoms with E-state index < -0.39 is 5.97 Å². The summed E-state index contributed by atoms with van der Waals surface area (Å²) in [5.74, 6) is -0.826. The molecule has 0 aromatic heterocycles. The first-order chi connectivity index (χ1) is 14.0. The molecule has 1 fully saturated rings. The fourth-order valence-electron chi connectivity index (χ4n) is 4.27. The molecule has 1 amide bonds. The molecule has 0 bridgehead atoms. The summed E-state index contributed by atoms with van der Waals surface area (Å²) in [5, 5.41) is 16.2. The highest BCUT2D eigenvalue weighted by Crippen LogP contribution is 2.33. The van der Waals surface area contributed by atoms with Crippen molar-refractivity contribution in [3.63, 3.8) is 0 Å². The van der Waals surface area contributed by atoms with Crippen molar-refractivity contribution in [3.8, 4) is 11.5 Å². The van der Waals surface area contributed by atoms with E-state index in [2.05, 4.69) is 38.3 Å². The van der Waals surface area contributed by atoms with Gasteiger partial charge in [-0.1, -0.05) is 23.7 Å². The van der Waals surface area contributed by atoms with Gasteiger partial charge in [0.2, 0.25) is 0 Å². The van der Waals surface area contributed by atoms with Crippen LogP contribution in [0.2, 0.25) is 5.02 Å². The highest BCUT2D eigenvalue weighted by molar-refractivity contribution is 6.32. The number of carbonyl (C=O) groups excluding carboxylic acids is 1. The number of para-hydroxylation sites is 1. The topological polar surface area (TPSA) is 87.7 Å². The monoisotopic (exact) mass is 430 g/mol. The molecule has 6 nitrogen and oxygen atoms in total. The van der Waals surface area contributed by atoms with Crippen molar-refractivity contribution in [3.05, 3.63) is 58.6 Å². The Hall–Kier alpha value is -2.57. The number of ether oxygens (including phenoxy) is 1. The smallest absolute Gasteiger partial charge is 0.339 e. The van der Waals surface area contributed by atoms with Crippen LogP contribution < -0.4 is 15.4 Å². The Labute approximate surface area is 181 Å². The maximum absolute atomic E-state index is 12.8. The minimum absolute atomic E-state index is 0.0338. The van der Waals surface area contributed by atoms with Crippen molar-refractivity contribution in [1.82, 2.24) is 10.6 Å². The lowest BCUT2D eigenvalue weighted by molar-refractivity contribution is 0.0693. The number of benzene rings is 2. The summed E-state index contributed by atoms with van der Waals surface area (Å²) in [7, 11) is 0. The number of halogens is 1. The molecule has 30 heavy (non-hydrogen) atoms. The number of carboxylic acids is 1. The SMILES string of the molecule is CC1(C)CC(NC(=O)c2ccc(Oc3ccccc3C(=O)O)c(Cl)c2)CC(C)(C)N1. The van der Waals surface area contributed by atoms with Crippen molar-refractivity contribution < 1.29 is 19.4 Å². The fourth-order valence-corrected chi connectivity index (χ4v) is 4.49. The van der Waals surface area contributed by atoms with E-state index in [4.69, 9.17) is 16.3 Å². The standard InChI is InChI=1S/C23H27ClN2O4/c1-22(2)12-15(13-23(3,4)26-22)25-20(27)14-9-10-19(17(24)11-14)30-18-8-6-5-7-16(18)21(28)29/h5-11,15,26H,12-13H2,1-4H3,(H,25,27)(H,28,29). The molecule has 0 aliphatic carbocycles. The molecule has 3 N–H and O–H groups in total. The van der Waals surface area contributed by atoms with Crippen molar-refractivity contribution in [2.45, 2.75) is 57.7 Å². The van der Waals surface area contributed by atoms with Crippen LogP contribution in [0.25, 0.3) is 0 Å². The second-order valence-corrected chi connectivity index (χ2v) is 9.43. The van der Waals surface area contributed by atoms with Gasteiger partial charge in [0.05, 0.1) is 5.02 Å². The van der Waals surface area contributed by atoms with Crippen LogP contribution in [-0.4, -0.2) is 34.1 Å². The molecule has 2 aromatic rings. The number of piperidine rings is 1. The summed E-state index contributed by atoms with van der Waals surface area (Å²) in [6, 6.07) is 11.1. The Morgan fingerprint density at radius 1 is 1.07 bits per heavy atom. The van der Waals surface area contributed by atoms with E-state index in [9.17, 15) is 14.7 Å². The minimum atomic E-state index is -1.09. The lowest BCUT2D eigenvalue weighted by Crippen LogP contribution is -2.62. The van der Waals surface area contributed by atoms with Gasteiger partial charge in [0.1, 0.15) is 17.1 Å². The first kappa shape index (κ1) is 22.1. The third-order valence-electron chi connectivity index (χ3n) is 5.06. The lowest BCUT2D eigenvalue weighted by Gasteiger charge is -2.46. The first-order valence-electron chi connectivity index (χ1n) is 9.86. The van der Waals surface area contributed by atoms with E-state index in [0.29, 0.717) is 5.56 Å². The molecule has 1 aliphatic rings. The molecule has 1 heterocycles. The van der Waals surface area contributed by atoms with Crippen LogP contribution in [0.5, 0.6) is 11.5 Å². The van der Waals surface area contributed by atoms with Gasteiger partial charge in [-0.05, 0) is 70.9 Å². The van der Waals surface area contributed by atoms with Crippen LogP contribution in [0, 0.1) is 0 Å². The van der Waals surface area contributed by atoms with E-state index in [0.717, 1.165) is 12.8 Å². The number of amides is 1. The summed E-state index contributed by atoms with van der Waals surface area (Å²) >= 11 is 6.33. The van der Waals surface area contributed by atoms with Crippen molar-refractivity contribution in [1.29, 1.82) is 0 Å². The zero-order valence-corrected chi connectivity index (χ0v) is 18.3. The number of nitrogens with one attached hydrogen (secondary N) is 2. The van der Waals surface area contributed by atoms with Gasteiger partial charge >= 0.3 is 5.97 Å². The molecule has 0 unspecified atom stereocenters. The third-order valence-corrected chi connectivity index (χ3v) is 5.35. The van der Waals surface area contributed by atoms with Gasteiger partial charge in [0.15, 0.2) is 0 Å².